The molecule has 1 amide bonds. The molecule has 8 nitrogen and oxygen atoms in total. The minimum Gasteiger partial charge on any atom is -0.465 e. The van der Waals surface area contributed by atoms with Crippen molar-refractivity contribution in [3.8, 4) is 21.8 Å². The molecule has 0 radical (unpaired) electrons. The number of nitrogens with zero attached hydrogens (tertiary/aromatic N) is 6. The molecule has 1 saturated heterocycles. The predicted octanol–water partition coefficient (Wildman–Crippen LogP) is 3.32. The molecule has 0 spiro atoms. The zero-order chi connectivity index (χ0) is 19.8. The van der Waals surface area contributed by atoms with Crippen molar-refractivity contribution in [2.75, 3.05) is 31.1 Å². The lowest BCUT2D eigenvalue weighted by molar-refractivity contribution is 0.142. The van der Waals surface area contributed by atoms with E-state index in [0.29, 0.717) is 26.2 Å². The van der Waals surface area contributed by atoms with Crippen LogP contribution in [0.15, 0.2) is 54.2 Å². The molecule has 5 rings (SSSR count). The Hall–Kier alpha value is -3.46. The molecule has 1 N–H and O–H groups in total. The first-order valence-corrected chi connectivity index (χ1v) is 10.2. The molecule has 4 aromatic heterocycles. The second-order valence-electron chi connectivity index (χ2n) is 6.74. The van der Waals surface area contributed by atoms with Gasteiger partial charge in [0.05, 0.1) is 4.88 Å². The van der Waals surface area contributed by atoms with Crippen LogP contribution in [0.5, 0.6) is 0 Å². The van der Waals surface area contributed by atoms with Crippen LogP contribution in [0.1, 0.15) is 0 Å². The van der Waals surface area contributed by atoms with Crippen molar-refractivity contribution in [2.45, 2.75) is 0 Å². The van der Waals surface area contributed by atoms with Crippen LogP contribution >= 0.6 is 11.3 Å². The van der Waals surface area contributed by atoms with E-state index in [1.807, 2.05) is 40.2 Å². The van der Waals surface area contributed by atoms with Crippen LogP contribution in [0, 0.1) is 0 Å². The Morgan fingerprint density at radius 1 is 1.03 bits per heavy atom. The summed E-state index contributed by atoms with van der Waals surface area (Å²) in [5.74, 6) is 0.813. The Labute approximate surface area is 170 Å². The standard InChI is InChI=1S/C20H18N6O2S/c27-20(28)25-11-9-24(10-12-25)17-4-3-16-22-18(15-2-1-13-29-15)19(26(16)23-17)14-5-7-21-8-6-14/h1-8,13H,9-12H2,(H,27,28). The van der Waals surface area contributed by atoms with Crippen molar-refractivity contribution in [3.63, 3.8) is 0 Å². The number of hydrogen-bond acceptors (Lipinski definition) is 6. The number of aromatic nitrogens is 4. The summed E-state index contributed by atoms with van der Waals surface area (Å²) in [7, 11) is 0. The van der Waals surface area contributed by atoms with Crippen LogP contribution in [0.2, 0.25) is 0 Å². The van der Waals surface area contributed by atoms with Crippen LogP contribution in [0.25, 0.3) is 27.5 Å². The maximum atomic E-state index is 11.2. The van der Waals surface area contributed by atoms with E-state index in [0.717, 1.165) is 33.3 Å². The van der Waals surface area contributed by atoms with Crippen LogP contribution in [0.3, 0.4) is 0 Å². The lowest BCUT2D eigenvalue weighted by atomic mass is 10.1. The molecule has 146 valence electrons. The number of amides is 1. The fourth-order valence-electron chi connectivity index (χ4n) is 3.57. The van der Waals surface area contributed by atoms with Crippen LogP contribution in [-0.4, -0.2) is 61.9 Å². The van der Waals surface area contributed by atoms with Crippen molar-refractivity contribution in [1.82, 2.24) is 24.5 Å². The molecule has 0 aromatic carbocycles. The molecular weight excluding hydrogens is 388 g/mol. The van der Waals surface area contributed by atoms with Crippen molar-refractivity contribution in [1.29, 1.82) is 0 Å². The van der Waals surface area contributed by atoms with Gasteiger partial charge in [0.2, 0.25) is 0 Å². The molecule has 0 unspecified atom stereocenters. The van der Waals surface area contributed by atoms with Gasteiger partial charge in [-0.2, -0.15) is 0 Å². The average molecular weight is 406 g/mol. The van der Waals surface area contributed by atoms with Gasteiger partial charge in [-0.1, -0.05) is 6.07 Å². The number of anilines is 1. The zero-order valence-electron chi connectivity index (χ0n) is 15.5. The van der Waals surface area contributed by atoms with Crippen molar-refractivity contribution in [3.05, 3.63) is 54.2 Å². The fourth-order valence-corrected chi connectivity index (χ4v) is 4.29. The maximum Gasteiger partial charge on any atom is 0.407 e. The highest BCUT2D eigenvalue weighted by molar-refractivity contribution is 7.13. The third-order valence-electron chi connectivity index (χ3n) is 5.05. The molecule has 0 bridgehead atoms. The molecule has 4 aromatic rings. The largest absolute Gasteiger partial charge is 0.465 e. The van der Waals surface area contributed by atoms with Crippen LogP contribution in [0.4, 0.5) is 10.6 Å². The van der Waals surface area contributed by atoms with Crippen LogP contribution in [-0.2, 0) is 0 Å². The van der Waals surface area contributed by atoms with Crippen molar-refractivity contribution >= 4 is 28.9 Å². The Kier molecular flexibility index (Phi) is 4.36. The number of carboxylic acid groups (broad SMARTS) is 1. The Bertz CT molecular complexity index is 1150. The highest BCUT2D eigenvalue weighted by Gasteiger charge is 2.23. The highest BCUT2D eigenvalue weighted by Crippen LogP contribution is 2.34. The summed E-state index contributed by atoms with van der Waals surface area (Å²) < 4.78 is 1.88. The molecule has 5 heterocycles. The number of piperazine rings is 1. The monoisotopic (exact) mass is 406 g/mol. The van der Waals surface area contributed by atoms with E-state index in [-0.39, 0.29) is 0 Å². The van der Waals surface area contributed by atoms with E-state index in [9.17, 15) is 4.79 Å². The van der Waals surface area contributed by atoms with E-state index in [1.165, 1.54) is 4.90 Å². The summed E-state index contributed by atoms with van der Waals surface area (Å²) in [5.41, 5.74) is 3.59. The number of hydrogen-bond donors (Lipinski definition) is 1. The quantitative estimate of drug-likeness (QED) is 0.562. The molecule has 1 fully saturated rings. The Morgan fingerprint density at radius 2 is 1.83 bits per heavy atom. The van der Waals surface area contributed by atoms with Crippen LogP contribution < -0.4 is 4.90 Å². The first kappa shape index (κ1) is 17.6. The third-order valence-corrected chi connectivity index (χ3v) is 5.92. The molecule has 0 atom stereocenters. The predicted molar refractivity (Wildman–Crippen MR) is 111 cm³/mol. The van der Waals surface area contributed by atoms with Gasteiger partial charge in [0.25, 0.3) is 0 Å². The molecule has 0 saturated carbocycles. The lowest BCUT2D eigenvalue weighted by Gasteiger charge is -2.33. The van der Waals surface area contributed by atoms with E-state index in [4.69, 9.17) is 15.2 Å². The summed E-state index contributed by atoms with van der Waals surface area (Å²) in [6.45, 7) is 2.16. The molecule has 1 aliphatic heterocycles. The first-order chi connectivity index (χ1) is 14.2. The zero-order valence-corrected chi connectivity index (χ0v) is 16.3. The molecule has 9 heteroatoms. The summed E-state index contributed by atoms with van der Waals surface area (Å²) in [5, 5.41) is 16.1. The SMILES string of the molecule is O=C(O)N1CCN(c2ccc3nc(-c4cccs4)c(-c4ccncc4)n3n2)CC1. The third kappa shape index (κ3) is 3.19. The average Bonchev–Trinajstić information content (AvgIpc) is 3.41. The number of rotatable bonds is 3. The smallest absolute Gasteiger partial charge is 0.407 e. The maximum absolute atomic E-state index is 11.2. The molecule has 29 heavy (non-hydrogen) atoms. The normalized spacial score (nSPS) is 14.5. The van der Waals surface area contributed by atoms with Gasteiger partial charge in [0, 0.05) is 44.1 Å². The van der Waals surface area contributed by atoms with Gasteiger partial charge in [0.15, 0.2) is 5.65 Å². The minimum atomic E-state index is -0.872. The number of thiophene rings is 1. The highest BCUT2D eigenvalue weighted by atomic mass is 32.1. The van der Waals surface area contributed by atoms with Gasteiger partial charge in [-0.3, -0.25) is 4.98 Å². The molecule has 0 aliphatic carbocycles. The Balaban J connectivity index is 1.59. The van der Waals surface area contributed by atoms with E-state index >= 15 is 0 Å². The van der Waals surface area contributed by atoms with E-state index in [1.54, 1.807) is 23.7 Å². The topological polar surface area (TPSA) is 86.9 Å². The van der Waals surface area contributed by atoms with Gasteiger partial charge < -0.3 is 14.9 Å². The first-order valence-electron chi connectivity index (χ1n) is 9.27. The van der Waals surface area contributed by atoms with E-state index in [2.05, 4.69) is 16.0 Å². The lowest BCUT2D eigenvalue weighted by Crippen LogP contribution is -2.48. The van der Waals surface area contributed by atoms with Crippen molar-refractivity contribution < 1.29 is 9.90 Å². The molecular formula is C20H18N6O2S. The summed E-state index contributed by atoms with van der Waals surface area (Å²) >= 11 is 1.64. The second kappa shape index (κ2) is 7.17. The number of fused-ring (bicyclic) bond motifs is 1. The number of carbonyl (C=O) groups is 1. The van der Waals surface area contributed by atoms with Gasteiger partial charge >= 0.3 is 6.09 Å². The van der Waals surface area contributed by atoms with Gasteiger partial charge in [-0.15, -0.1) is 16.4 Å². The fraction of sp³-hybridized carbons (Fsp3) is 0.200. The van der Waals surface area contributed by atoms with Gasteiger partial charge in [-0.05, 0) is 35.7 Å². The minimum absolute atomic E-state index is 0.469. The Morgan fingerprint density at radius 3 is 2.52 bits per heavy atom. The van der Waals surface area contributed by atoms with E-state index < -0.39 is 6.09 Å². The molecule has 1 aliphatic rings. The number of pyridine rings is 1. The van der Waals surface area contributed by atoms with Crippen molar-refractivity contribution in [2.24, 2.45) is 0 Å². The van der Waals surface area contributed by atoms with Gasteiger partial charge in [-0.25, -0.2) is 14.3 Å². The summed E-state index contributed by atoms with van der Waals surface area (Å²) in [6, 6.07) is 11.9. The number of imidazole rings is 1. The van der Waals surface area contributed by atoms with Gasteiger partial charge in [0.1, 0.15) is 17.2 Å². The second-order valence-corrected chi connectivity index (χ2v) is 7.69. The summed E-state index contributed by atoms with van der Waals surface area (Å²) in [6.07, 6.45) is 2.66. The summed E-state index contributed by atoms with van der Waals surface area (Å²) in [4.78, 5) is 24.8.